The molecule has 3 rings (SSSR count). The Morgan fingerprint density at radius 2 is 2.07 bits per heavy atom. The molecule has 0 radical (unpaired) electrons. The molecule has 1 N–H and O–H groups in total. The lowest BCUT2D eigenvalue weighted by atomic mass is 10.1. The van der Waals surface area contributed by atoms with Crippen LogP contribution in [0, 0.1) is 25.2 Å². The Morgan fingerprint density at radius 3 is 2.70 bits per heavy atom. The lowest BCUT2D eigenvalue weighted by Crippen LogP contribution is -2.15. The van der Waals surface area contributed by atoms with Crippen LogP contribution in [0.4, 0.5) is 11.5 Å². The van der Waals surface area contributed by atoms with Crippen molar-refractivity contribution in [3.05, 3.63) is 47.0 Å². The van der Waals surface area contributed by atoms with Gasteiger partial charge in [-0.3, -0.25) is 4.79 Å². The van der Waals surface area contributed by atoms with Gasteiger partial charge in [0.2, 0.25) is 5.91 Å². The standard InChI is InChI=1S/C19H21N7O/c1-12-16(13(2)26-19(23-12)14(9-20)10-22-26)6-8-18(27)24-15-5-7-17(21-11-15)25(3)4/h5,7,10-11H,6,8H2,1-4H3,(H,24,27). The van der Waals surface area contributed by atoms with E-state index >= 15 is 0 Å². The summed E-state index contributed by atoms with van der Waals surface area (Å²) in [6.07, 6.45) is 4.01. The highest BCUT2D eigenvalue weighted by molar-refractivity contribution is 5.90. The average Bonchev–Trinajstić information content (AvgIpc) is 3.05. The summed E-state index contributed by atoms with van der Waals surface area (Å²) in [5.41, 5.74) is 4.32. The van der Waals surface area contributed by atoms with Crippen LogP contribution < -0.4 is 10.2 Å². The minimum Gasteiger partial charge on any atom is -0.363 e. The van der Waals surface area contributed by atoms with Crippen LogP contribution in [0.15, 0.2) is 24.5 Å². The molecule has 8 nitrogen and oxygen atoms in total. The number of aryl methyl sites for hydroxylation is 2. The number of nitrogens with zero attached hydrogens (tertiary/aromatic N) is 6. The molecule has 27 heavy (non-hydrogen) atoms. The Bertz CT molecular complexity index is 1030. The highest BCUT2D eigenvalue weighted by atomic mass is 16.1. The molecule has 3 aromatic heterocycles. The van der Waals surface area contributed by atoms with E-state index in [4.69, 9.17) is 5.26 Å². The first-order valence-corrected chi connectivity index (χ1v) is 8.58. The number of amides is 1. The smallest absolute Gasteiger partial charge is 0.224 e. The minimum atomic E-state index is -0.0912. The van der Waals surface area contributed by atoms with Crippen molar-refractivity contribution in [1.29, 1.82) is 5.26 Å². The predicted molar refractivity (Wildman–Crippen MR) is 103 cm³/mol. The second-order valence-corrected chi connectivity index (χ2v) is 6.51. The molecule has 1 amide bonds. The number of fused-ring (bicyclic) bond motifs is 1. The van der Waals surface area contributed by atoms with E-state index < -0.39 is 0 Å². The zero-order valence-corrected chi connectivity index (χ0v) is 15.8. The third-order valence-electron chi connectivity index (χ3n) is 4.42. The van der Waals surface area contributed by atoms with E-state index in [-0.39, 0.29) is 5.91 Å². The molecule has 0 spiro atoms. The Kier molecular flexibility index (Phi) is 5.03. The topological polar surface area (TPSA) is 99.2 Å². The quantitative estimate of drug-likeness (QED) is 0.746. The number of nitriles is 1. The number of hydrogen-bond donors (Lipinski definition) is 1. The molecule has 8 heteroatoms. The summed E-state index contributed by atoms with van der Waals surface area (Å²) in [5.74, 6) is 0.737. The largest absolute Gasteiger partial charge is 0.363 e. The fourth-order valence-corrected chi connectivity index (χ4v) is 2.94. The summed E-state index contributed by atoms with van der Waals surface area (Å²) >= 11 is 0. The second-order valence-electron chi connectivity index (χ2n) is 6.51. The van der Waals surface area contributed by atoms with Crippen LogP contribution in [0.25, 0.3) is 5.65 Å². The van der Waals surface area contributed by atoms with Crippen molar-refractivity contribution in [2.24, 2.45) is 0 Å². The van der Waals surface area contributed by atoms with Gasteiger partial charge in [0.1, 0.15) is 17.5 Å². The molecule has 0 aromatic carbocycles. The molecular weight excluding hydrogens is 342 g/mol. The summed E-state index contributed by atoms with van der Waals surface area (Å²) in [6.45, 7) is 3.81. The van der Waals surface area contributed by atoms with Gasteiger partial charge in [-0.2, -0.15) is 10.4 Å². The van der Waals surface area contributed by atoms with Crippen LogP contribution in [0.2, 0.25) is 0 Å². The molecule has 0 atom stereocenters. The Labute approximate surface area is 157 Å². The summed E-state index contributed by atoms with van der Waals surface area (Å²) in [4.78, 5) is 23.0. The first-order valence-electron chi connectivity index (χ1n) is 8.58. The maximum Gasteiger partial charge on any atom is 0.224 e. The van der Waals surface area contributed by atoms with Crippen LogP contribution in [0.3, 0.4) is 0 Å². The van der Waals surface area contributed by atoms with Crippen molar-refractivity contribution in [1.82, 2.24) is 19.6 Å². The second kappa shape index (κ2) is 7.41. The van der Waals surface area contributed by atoms with Crippen LogP contribution in [0.1, 0.15) is 28.9 Å². The van der Waals surface area contributed by atoms with Gasteiger partial charge in [-0.15, -0.1) is 0 Å². The van der Waals surface area contributed by atoms with Crippen molar-refractivity contribution in [3.8, 4) is 6.07 Å². The van der Waals surface area contributed by atoms with E-state index in [1.165, 1.54) is 6.20 Å². The van der Waals surface area contributed by atoms with Crippen LogP contribution in [-0.2, 0) is 11.2 Å². The van der Waals surface area contributed by atoms with Gasteiger partial charge in [0.15, 0.2) is 5.65 Å². The lowest BCUT2D eigenvalue weighted by molar-refractivity contribution is -0.116. The highest BCUT2D eigenvalue weighted by Gasteiger charge is 2.15. The maximum absolute atomic E-state index is 12.3. The molecule has 0 aliphatic rings. The fourth-order valence-electron chi connectivity index (χ4n) is 2.94. The molecule has 0 fully saturated rings. The first kappa shape index (κ1) is 18.3. The number of pyridine rings is 1. The monoisotopic (exact) mass is 363 g/mol. The van der Waals surface area contributed by atoms with Crippen LogP contribution in [-0.4, -0.2) is 39.6 Å². The third kappa shape index (κ3) is 3.72. The van der Waals surface area contributed by atoms with E-state index in [1.807, 2.05) is 45.0 Å². The maximum atomic E-state index is 12.3. The van der Waals surface area contributed by atoms with Gasteiger partial charge in [0.05, 0.1) is 18.1 Å². The summed E-state index contributed by atoms with van der Waals surface area (Å²) in [5, 5.41) is 16.2. The van der Waals surface area contributed by atoms with E-state index in [9.17, 15) is 4.79 Å². The number of carbonyl (C=O) groups excluding carboxylic acids is 1. The predicted octanol–water partition coefficient (Wildman–Crippen LogP) is 2.25. The molecule has 0 unspecified atom stereocenters. The molecule has 0 saturated carbocycles. The number of nitrogens with one attached hydrogen (secondary N) is 1. The number of aromatic nitrogens is 4. The van der Waals surface area contributed by atoms with E-state index in [2.05, 4.69) is 26.5 Å². The summed E-state index contributed by atoms with van der Waals surface area (Å²) in [7, 11) is 3.82. The minimum absolute atomic E-state index is 0.0912. The molecule has 0 aliphatic heterocycles. The van der Waals surface area contributed by atoms with Gasteiger partial charge < -0.3 is 10.2 Å². The van der Waals surface area contributed by atoms with Crippen molar-refractivity contribution < 1.29 is 4.79 Å². The summed E-state index contributed by atoms with van der Waals surface area (Å²) < 4.78 is 1.66. The average molecular weight is 363 g/mol. The van der Waals surface area contributed by atoms with E-state index in [1.54, 1.807) is 10.7 Å². The molecule has 3 aromatic rings. The summed E-state index contributed by atoms with van der Waals surface area (Å²) in [6, 6.07) is 5.78. The van der Waals surface area contributed by atoms with Crippen LogP contribution in [0.5, 0.6) is 0 Å². The zero-order chi connectivity index (χ0) is 19.6. The van der Waals surface area contributed by atoms with E-state index in [0.29, 0.717) is 29.7 Å². The molecule has 0 saturated heterocycles. The Balaban J connectivity index is 1.71. The molecule has 3 heterocycles. The highest BCUT2D eigenvalue weighted by Crippen LogP contribution is 2.19. The van der Waals surface area contributed by atoms with Crippen molar-refractivity contribution in [3.63, 3.8) is 0 Å². The lowest BCUT2D eigenvalue weighted by Gasteiger charge is -2.12. The van der Waals surface area contributed by atoms with Crippen LogP contribution >= 0.6 is 0 Å². The van der Waals surface area contributed by atoms with E-state index in [0.717, 1.165) is 22.8 Å². The van der Waals surface area contributed by atoms with Gasteiger partial charge in [-0.1, -0.05) is 0 Å². The molecule has 138 valence electrons. The normalized spacial score (nSPS) is 10.6. The Morgan fingerprint density at radius 1 is 1.30 bits per heavy atom. The first-order chi connectivity index (χ1) is 12.9. The van der Waals surface area contributed by atoms with Gasteiger partial charge in [0.25, 0.3) is 0 Å². The van der Waals surface area contributed by atoms with Gasteiger partial charge >= 0.3 is 0 Å². The van der Waals surface area contributed by atoms with Gasteiger partial charge in [-0.05, 0) is 38.0 Å². The molecule has 0 bridgehead atoms. The third-order valence-corrected chi connectivity index (χ3v) is 4.42. The molecule has 0 aliphatic carbocycles. The van der Waals surface area contributed by atoms with Crippen molar-refractivity contribution in [2.45, 2.75) is 26.7 Å². The number of carbonyl (C=O) groups is 1. The fraction of sp³-hybridized carbons (Fsp3) is 0.316. The zero-order valence-electron chi connectivity index (χ0n) is 15.8. The van der Waals surface area contributed by atoms with Gasteiger partial charge in [-0.25, -0.2) is 14.5 Å². The SMILES string of the molecule is Cc1nc2c(C#N)cnn2c(C)c1CCC(=O)Nc1ccc(N(C)C)nc1. The number of rotatable bonds is 5. The molecular formula is C19H21N7O. The Hall–Kier alpha value is -3.47. The number of hydrogen-bond acceptors (Lipinski definition) is 6. The van der Waals surface area contributed by atoms with Gasteiger partial charge in [0, 0.05) is 31.9 Å². The van der Waals surface area contributed by atoms with Crippen molar-refractivity contribution >= 4 is 23.1 Å². The van der Waals surface area contributed by atoms with Crippen molar-refractivity contribution in [2.75, 3.05) is 24.3 Å². The number of anilines is 2.